The highest BCUT2D eigenvalue weighted by atomic mass is 32.1. The zero-order valence-electron chi connectivity index (χ0n) is 10.1. The van der Waals surface area contributed by atoms with Crippen LogP contribution in [0.4, 0.5) is 0 Å². The van der Waals surface area contributed by atoms with E-state index in [1.165, 1.54) is 15.0 Å². The molecule has 0 aliphatic carbocycles. The Morgan fingerprint density at radius 2 is 2.18 bits per heavy atom. The number of ether oxygens (including phenoxy) is 1. The third-order valence-corrected chi connectivity index (χ3v) is 3.81. The molecule has 3 heteroatoms. The van der Waals surface area contributed by atoms with Crippen LogP contribution >= 0.6 is 11.3 Å². The van der Waals surface area contributed by atoms with E-state index in [0.29, 0.717) is 6.61 Å². The SMILES string of the molecule is CCOC(=O)C(C)Cc1cc2ccccc2s1. The Morgan fingerprint density at radius 1 is 1.41 bits per heavy atom. The maximum Gasteiger partial charge on any atom is 0.309 e. The number of benzene rings is 1. The zero-order valence-corrected chi connectivity index (χ0v) is 10.9. The number of carbonyl (C=O) groups excluding carboxylic acids is 1. The molecule has 2 nitrogen and oxygen atoms in total. The van der Waals surface area contributed by atoms with Gasteiger partial charge in [0.1, 0.15) is 0 Å². The third-order valence-electron chi connectivity index (χ3n) is 2.67. The lowest BCUT2D eigenvalue weighted by molar-refractivity contribution is -0.147. The minimum absolute atomic E-state index is 0.0667. The van der Waals surface area contributed by atoms with Gasteiger partial charge in [-0.1, -0.05) is 25.1 Å². The number of thiophene rings is 1. The second-order valence-corrected chi connectivity index (χ2v) is 5.28. The van der Waals surface area contributed by atoms with Crippen molar-refractivity contribution in [3.8, 4) is 0 Å². The molecule has 2 aromatic rings. The summed E-state index contributed by atoms with van der Waals surface area (Å²) >= 11 is 1.75. The number of esters is 1. The number of hydrogen-bond donors (Lipinski definition) is 0. The molecule has 0 saturated carbocycles. The van der Waals surface area contributed by atoms with Crippen molar-refractivity contribution >= 4 is 27.4 Å². The highest BCUT2D eigenvalue weighted by Gasteiger charge is 2.15. The van der Waals surface area contributed by atoms with Gasteiger partial charge in [-0.25, -0.2) is 0 Å². The first-order valence-electron chi connectivity index (χ1n) is 5.84. The van der Waals surface area contributed by atoms with Crippen molar-refractivity contribution < 1.29 is 9.53 Å². The average Bonchev–Trinajstić information content (AvgIpc) is 2.71. The fourth-order valence-electron chi connectivity index (χ4n) is 1.81. The van der Waals surface area contributed by atoms with Gasteiger partial charge in [0.15, 0.2) is 0 Å². The number of fused-ring (bicyclic) bond motifs is 1. The molecule has 1 aromatic carbocycles. The maximum atomic E-state index is 11.5. The van der Waals surface area contributed by atoms with Crippen molar-refractivity contribution in [1.82, 2.24) is 0 Å². The first kappa shape index (κ1) is 12.1. The quantitative estimate of drug-likeness (QED) is 0.772. The minimum atomic E-state index is -0.107. The molecule has 0 bridgehead atoms. The summed E-state index contributed by atoms with van der Waals surface area (Å²) in [4.78, 5) is 12.8. The monoisotopic (exact) mass is 248 g/mol. The molecule has 0 fully saturated rings. The van der Waals surface area contributed by atoms with E-state index < -0.39 is 0 Å². The second kappa shape index (κ2) is 5.32. The summed E-state index contributed by atoms with van der Waals surface area (Å²) in [6, 6.07) is 10.4. The van der Waals surface area contributed by atoms with Gasteiger partial charge in [-0.05, 0) is 30.9 Å². The predicted molar refractivity (Wildman–Crippen MR) is 71.3 cm³/mol. The molecule has 0 radical (unpaired) electrons. The van der Waals surface area contributed by atoms with Gasteiger partial charge in [0.05, 0.1) is 12.5 Å². The maximum absolute atomic E-state index is 11.5. The molecule has 0 aliphatic rings. The Labute approximate surface area is 105 Å². The summed E-state index contributed by atoms with van der Waals surface area (Å²) in [5.41, 5.74) is 0. The van der Waals surface area contributed by atoms with Crippen molar-refractivity contribution in [2.75, 3.05) is 6.61 Å². The van der Waals surface area contributed by atoms with Gasteiger partial charge in [-0.2, -0.15) is 0 Å². The van der Waals surface area contributed by atoms with Gasteiger partial charge in [-0.3, -0.25) is 4.79 Å². The molecule has 0 saturated heterocycles. The van der Waals surface area contributed by atoms with E-state index in [-0.39, 0.29) is 11.9 Å². The summed E-state index contributed by atoms with van der Waals surface area (Å²) in [7, 11) is 0. The first-order chi connectivity index (χ1) is 8.20. The first-order valence-corrected chi connectivity index (χ1v) is 6.66. The summed E-state index contributed by atoms with van der Waals surface area (Å²) in [5, 5.41) is 1.25. The summed E-state index contributed by atoms with van der Waals surface area (Å²) in [6.45, 7) is 4.21. The molecule has 0 N–H and O–H groups in total. The van der Waals surface area contributed by atoms with E-state index >= 15 is 0 Å². The van der Waals surface area contributed by atoms with E-state index in [1.54, 1.807) is 11.3 Å². The van der Waals surface area contributed by atoms with Crippen molar-refractivity contribution in [1.29, 1.82) is 0 Å². The lowest BCUT2D eigenvalue weighted by Crippen LogP contribution is -2.16. The smallest absolute Gasteiger partial charge is 0.309 e. The molecule has 1 heterocycles. The van der Waals surface area contributed by atoms with Crippen molar-refractivity contribution in [2.24, 2.45) is 5.92 Å². The molecule has 0 aliphatic heterocycles. The van der Waals surface area contributed by atoms with Crippen LogP contribution in [0.2, 0.25) is 0 Å². The van der Waals surface area contributed by atoms with Crippen LogP contribution in [0.1, 0.15) is 18.7 Å². The van der Waals surface area contributed by atoms with Gasteiger partial charge >= 0.3 is 5.97 Å². The van der Waals surface area contributed by atoms with Crippen LogP contribution in [0.25, 0.3) is 10.1 Å². The highest BCUT2D eigenvalue weighted by molar-refractivity contribution is 7.19. The van der Waals surface area contributed by atoms with Gasteiger partial charge in [0, 0.05) is 9.58 Å². The van der Waals surface area contributed by atoms with Crippen LogP contribution < -0.4 is 0 Å². The lowest BCUT2D eigenvalue weighted by atomic mass is 10.1. The van der Waals surface area contributed by atoms with E-state index in [2.05, 4.69) is 18.2 Å². The molecule has 2 rings (SSSR count). The molecule has 90 valence electrons. The largest absolute Gasteiger partial charge is 0.466 e. The van der Waals surface area contributed by atoms with Crippen molar-refractivity contribution in [3.05, 3.63) is 35.2 Å². The van der Waals surface area contributed by atoms with Gasteiger partial charge < -0.3 is 4.74 Å². The Morgan fingerprint density at radius 3 is 2.88 bits per heavy atom. The fourth-order valence-corrected chi connectivity index (χ4v) is 3.00. The third kappa shape index (κ3) is 2.86. The Bertz CT molecular complexity index is 483. The number of carbonyl (C=O) groups is 1. The second-order valence-electron chi connectivity index (χ2n) is 4.11. The van der Waals surface area contributed by atoms with Gasteiger partial charge in [-0.15, -0.1) is 11.3 Å². The lowest BCUT2D eigenvalue weighted by Gasteiger charge is -2.08. The Kier molecular flexibility index (Phi) is 3.79. The normalized spacial score (nSPS) is 12.6. The van der Waals surface area contributed by atoms with Crippen LogP contribution in [-0.4, -0.2) is 12.6 Å². The fraction of sp³-hybridized carbons (Fsp3) is 0.357. The molecule has 0 amide bonds. The molecule has 17 heavy (non-hydrogen) atoms. The predicted octanol–water partition coefficient (Wildman–Crippen LogP) is 3.64. The summed E-state index contributed by atoms with van der Waals surface area (Å²) < 4.78 is 6.29. The van der Waals surface area contributed by atoms with Crippen LogP contribution in [0.3, 0.4) is 0 Å². The molecule has 1 aromatic heterocycles. The van der Waals surface area contributed by atoms with Gasteiger partial charge in [0.2, 0.25) is 0 Å². The summed E-state index contributed by atoms with van der Waals surface area (Å²) in [6.07, 6.45) is 0.762. The van der Waals surface area contributed by atoms with E-state index in [4.69, 9.17) is 4.74 Å². The molecular formula is C14H16O2S. The molecule has 0 spiro atoms. The van der Waals surface area contributed by atoms with Gasteiger partial charge in [0.25, 0.3) is 0 Å². The van der Waals surface area contributed by atoms with Crippen molar-refractivity contribution in [3.63, 3.8) is 0 Å². The Balaban J connectivity index is 2.10. The molecular weight excluding hydrogens is 232 g/mol. The molecule has 1 unspecified atom stereocenters. The van der Waals surface area contributed by atoms with Crippen LogP contribution in [0.15, 0.2) is 30.3 Å². The topological polar surface area (TPSA) is 26.3 Å². The van der Waals surface area contributed by atoms with Crippen LogP contribution in [0, 0.1) is 5.92 Å². The average molecular weight is 248 g/mol. The molecule has 1 atom stereocenters. The van der Waals surface area contributed by atoms with E-state index in [0.717, 1.165) is 6.42 Å². The Hall–Kier alpha value is -1.35. The number of hydrogen-bond acceptors (Lipinski definition) is 3. The standard InChI is InChI=1S/C14H16O2S/c1-3-16-14(15)10(2)8-12-9-11-6-4-5-7-13(11)17-12/h4-7,9-10H,3,8H2,1-2H3. The number of rotatable bonds is 4. The summed E-state index contributed by atoms with van der Waals surface area (Å²) in [5.74, 6) is -0.173. The zero-order chi connectivity index (χ0) is 12.3. The van der Waals surface area contributed by atoms with Crippen LogP contribution in [0.5, 0.6) is 0 Å². The van der Waals surface area contributed by atoms with Crippen molar-refractivity contribution in [2.45, 2.75) is 20.3 Å². The highest BCUT2D eigenvalue weighted by Crippen LogP contribution is 2.27. The minimum Gasteiger partial charge on any atom is -0.466 e. The van der Waals surface area contributed by atoms with Crippen LogP contribution in [-0.2, 0) is 16.0 Å². The van der Waals surface area contributed by atoms with E-state index in [9.17, 15) is 4.79 Å². The van der Waals surface area contributed by atoms with E-state index in [1.807, 2.05) is 26.0 Å².